The summed E-state index contributed by atoms with van der Waals surface area (Å²) < 4.78 is 65.7. The average molecular weight is 612 g/mol. The first-order chi connectivity index (χ1) is 17.8. The number of carboxylic acids is 1. The van der Waals surface area contributed by atoms with E-state index in [0.717, 1.165) is 11.1 Å². The van der Waals surface area contributed by atoms with Gasteiger partial charge in [0.05, 0.1) is 5.69 Å². The molecule has 0 saturated heterocycles. The molecule has 0 aliphatic rings. The number of carbonyl (C=O) groups is 1. The van der Waals surface area contributed by atoms with Crippen molar-refractivity contribution in [3.63, 3.8) is 0 Å². The van der Waals surface area contributed by atoms with Gasteiger partial charge in [0.1, 0.15) is 0 Å². The molecule has 0 bridgehead atoms. The number of anilines is 2. The zero-order valence-corrected chi connectivity index (χ0v) is 26.1. The molecule has 11 nitrogen and oxygen atoms in total. The first-order valence-electron chi connectivity index (χ1n) is 11.2. The van der Waals surface area contributed by atoms with Crippen LogP contribution in [0.5, 0.6) is 0 Å². The van der Waals surface area contributed by atoms with Gasteiger partial charge >= 0.3 is 66.9 Å². The van der Waals surface area contributed by atoms with E-state index in [1.54, 1.807) is 61.2 Å². The van der Waals surface area contributed by atoms with Crippen LogP contribution in [0.2, 0.25) is 0 Å². The van der Waals surface area contributed by atoms with Gasteiger partial charge < -0.3 is 20.1 Å². The van der Waals surface area contributed by atoms with Crippen LogP contribution in [0.25, 0.3) is 5.69 Å². The third kappa shape index (κ3) is 9.07. The quantitative estimate of drug-likeness (QED) is 0.170. The van der Waals surface area contributed by atoms with Crippen LogP contribution >= 0.6 is 12.2 Å². The number of aliphatic carboxylic acids is 1. The van der Waals surface area contributed by atoms with E-state index in [9.17, 15) is 31.5 Å². The summed E-state index contributed by atoms with van der Waals surface area (Å²) in [7, 11) is -5.79. The second-order valence-electron chi connectivity index (χ2n) is 8.42. The van der Waals surface area contributed by atoms with Gasteiger partial charge in [0.25, 0.3) is 0 Å². The molecule has 1 atom stereocenters. The van der Waals surface area contributed by atoms with Gasteiger partial charge in [-0.3, -0.25) is 0 Å². The van der Waals surface area contributed by atoms with Crippen LogP contribution in [0.1, 0.15) is 17.5 Å². The van der Waals surface area contributed by atoms with E-state index in [2.05, 4.69) is 20.8 Å². The van der Waals surface area contributed by atoms with Gasteiger partial charge in [0.15, 0.2) is 0 Å². The summed E-state index contributed by atoms with van der Waals surface area (Å²) in [6, 6.07) is 10.9. The van der Waals surface area contributed by atoms with E-state index in [-0.39, 0.29) is 75.8 Å². The number of halogens is 3. The van der Waals surface area contributed by atoms with Crippen molar-refractivity contribution in [1.82, 2.24) is 24.9 Å². The van der Waals surface area contributed by atoms with Crippen molar-refractivity contribution in [3.8, 4) is 5.69 Å². The first kappa shape index (κ1) is 33.3. The topological polar surface area (TPSA) is 148 Å². The van der Waals surface area contributed by atoms with Gasteiger partial charge in [-0.15, -0.1) is 0 Å². The predicted octanol–water partition coefficient (Wildman–Crippen LogP) is -1.19. The van der Waals surface area contributed by atoms with E-state index in [1.807, 2.05) is 0 Å². The molecule has 3 aromatic rings. The van der Waals surface area contributed by atoms with Crippen LogP contribution in [0, 0.1) is 18.6 Å². The molecule has 1 unspecified atom stereocenters. The number of H-pyrrole nitrogens is 1. The van der Waals surface area contributed by atoms with Gasteiger partial charge in [-0.05, 0) is 55.4 Å². The molecule has 0 spiro atoms. The number of aromatic nitrogens is 4. The normalized spacial score (nSPS) is 12.4. The maximum atomic E-state index is 13.0. The summed E-state index contributed by atoms with van der Waals surface area (Å²) >= 11 is 5.11. The smallest absolute Gasteiger partial charge is 0.550 e. The third-order valence-electron chi connectivity index (χ3n) is 5.52. The Labute approximate surface area is 270 Å². The van der Waals surface area contributed by atoms with Crippen LogP contribution in [0.15, 0.2) is 42.5 Å². The number of aryl methyl sites for hydroxylation is 2. The molecule has 2 aromatic carbocycles. The first-order valence-corrected chi connectivity index (χ1v) is 13.1. The number of aromatic amines is 1. The molecule has 0 aliphatic carbocycles. The minimum atomic E-state index is -5.79. The van der Waals surface area contributed by atoms with Crippen molar-refractivity contribution < 1.29 is 82.9 Å². The van der Waals surface area contributed by atoms with Crippen LogP contribution < -0.4 is 71.4 Å². The summed E-state index contributed by atoms with van der Waals surface area (Å²) in [6.45, 7) is 3.70. The molecule has 17 heteroatoms. The summed E-state index contributed by atoms with van der Waals surface area (Å²) in [5.41, 5.74) is -2.05. The van der Waals surface area contributed by atoms with Crippen molar-refractivity contribution in [2.45, 2.75) is 31.8 Å². The number of para-hydroxylation sites is 1. The number of hydrogen-bond acceptors (Lipinski definition) is 9. The fourth-order valence-corrected chi connectivity index (χ4v) is 4.87. The zero-order valence-electron chi connectivity index (χ0n) is 21.3. The van der Waals surface area contributed by atoms with Crippen LogP contribution in [-0.2, 0) is 14.8 Å². The third-order valence-corrected chi connectivity index (χ3v) is 7.04. The molecule has 206 valence electrons. The van der Waals surface area contributed by atoms with Crippen LogP contribution in [0.4, 0.5) is 24.5 Å². The van der Waals surface area contributed by atoms with Gasteiger partial charge in [0.2, 0.25) is 4.77 Å². The molecular formula is C22H25F3KN7O4S2. The van der Waals surface area contributed by atoms with Gasteiger partial charge in [0, 0.05) is 49.4 Å². The number of tetrazole rings is 1. The fraction of sp³-hybridized carbons (Fsp3) is 0.364. The number of carboxylic acid groups (broad SMARTS) is 1. The standard InChI is InChI=1S/C22H26F3N7O4S2.K/c1-14-5-3-6-15(2)20(14)31(13-17(12-19(33)34)28-38(35,36)22(23,24)25)10-9-26-16-7-4-8-18(11-16)32-21(37)27-29-30-32;/h3-8,11,17,26,28H,9-10,12-13H2,1-2H3,(H,33,34)(H,27,30,37);/q;+1/p-1. The van der Waals surface area contributed by atoms with Gasteiger partial charge in [-0.25, -0.2) is 17.8 Å². The largest absolute Gasteiger partial charge is 1.00 e. The predicted molar refractivity (Wildman–Crippen MR) is 135 cm³/mol. The van der Waals surface area contributed by atoms with Crippen LogP contribution in [-0.4, -0.2) is 65.8 Å². The Morgan fingerprint density at radius 2 is 1.85 bits per heavy atom. The number of alkyl halides is 3. The van der Waals surface area contributed by atoms with Crippen molar-refractivity contribution in [1.29, 1.82) is 0 Å². The van der Waals surface area contributed by atoms with E-state index >= 15 is 0 Å². The number of nitrogens with one attached hydrogen (secondary N) is 3. The molecule has 0 fully saturated rings. The average Bonchev–Trinajstić information content (AvgIpc) is 3.23. The molecule has 1 heterocycles. The molecule has 39 heavy (non-hydrogen) atoms. The molecule has 3 rings (SSSR count). The SMILES string of the molecule is Cc1cccc(C)c1N(CCNc1cccc(-n2[nH]nnc2=S)c1)CC(CC(=O)[O-])NS(=O)(=O)C(F)(F)F.[K+]. The Morgan fingerprint density at radius 3 is 2.41 bits per heavy atom. The Balaban J connectivity index is 0.00000533. The minimum absolute atomic E-state index is 0. The summed E-state index contributed by atoms with van der Waals surface area (Å²) in [6.07, 6.45) is -0.953. The number of carbonyl (C=O) groups excluding carboxylic acids is 1. The van der Waals surface area contributed by atoms with Crippen molar-refractivity contribution in [2.75, 3.05) is 29.9 Å². The van der Waals surface area contributed by atoms with Gasteiger partial charge in [-0.2, -0.15) is 18.4 Å². The Kier molecular flexibility index (Phi) is 12.1. The van der Waals surface area contributed by atoms with E-state index < -0.39 is 34.0 Å². The summed E-state index contributed by atoms with van der Waals surface area (Å²) in [5.74, 6) is -1.69. The van der Waals surface area contributed by atoms with Crippen molar-refractivity contribution in [3.05, 3.63) is 58.4 Å². The zero-order chi connectivity index (χ0) is 28.1. The van der Waals surface area contributed by atoms with Crippen molar-refractivity contribution in [2.24, 2.45) is 0 Å². The number of benzene rings is 2. The molecule has 0 saturated carbocycles. The van der Waals surface area contributed by atoms with Crippen LogP contribution in [0.3, 0.4) is 0 Å². The maximum absolute atomic E-state index is 13.0. The van der Waals surface area contributed by atoms with Crippen molar-refractivity contribution >= 4 is 39.6 Å². The number of rotatable bonds is 12. The molecular weight excluding hydrogens is 587 g/mol. The second-order valence-corrected chi connectivity index (χ2v) is 10.5. The summed E-state index contributed by atoms with van der Waals surface area (Å²) in [5, 5.41) is 24.5. The number of hydrogen-bond donors (Lipinski definition) is 3. The summed E-state index contributed by atoms with van der Waals surface area (Å²) in [4.78, 5) is 12.9. The monoisotopic (exact) mass is 611 g/mol. The molecule has 0 radical (unpaired) electrons. The van der Waals surface area contributed by atoms with Gasteiger partial charge in [-0.1, -0.05) is 34.6 Å². The van der Waals surface area contributed by atoms with E-state index in [0.29, 0.717) is 17.1 Å². The second kappa shape index (κ2) is 14.2. The molecule has 0 aliphatic heterocycles. The Hall–Kier alpha value is -1.86. The fourth-order valence-electron chi connectivity index (χ4n) is 3.95. The molecule has 3 N–H and O–H groups in total. The van der Waals surface area contributed by atoms with E-state index in [4.69, 9.17) is 12.2 Å². The molecule has 1 aromatic heterocycles. The maximum Gasteiger partial charge on any atom is 1.00 e. The Bertz CT molecular complexity index is 1430. The minimum Gasteiger partial charge on any atom is -0.550 e. The molecule has 0 amide bonds. The van der Waals surface area contributed by atoms with E-state index in [1.165, 1.54) is 9.40 Å². The number of sulfonamides is 1. The number of nitrogens with zero attached hydrogens (tertiary/aromatic N) is 4. The Morgan fingerprint density at radius 1 is 1.21 bits per heavy atom.